The van der Waals surface area contributed by atoms with Crippen molar-refractivity contribution in [2.24, 2.45) is 11.5 Å². The first kappa shape index (κ1) is 40.6. The average molecular weight is 595 g/mol. The summed E-state index contributed by atoms with van der Waals surface area (Å²) in [5.74, 6) is 0. The van der Waals surface area contributed by atoms with E-state index in [4.69, 9.17) is 25.3 Å². The molecule has 11 heteroatoms. The minimum Gasteiger partial charge on any atom is -0.374 e. The van der Waals surface area contributed by atoms with Gasteiger partial charge >= 0.3 is 7.60 Å². The van der Waals surface area contributed by atoms with Crippen molar-refractivity contribution in [3.05, 3.63) is 35.9 Å². The molecule has 0 aromatic heterocycles. The van der Waals surface area contributed by atoms with Crippen LogP contribution in [0.5, 0.6) is 0 Å². The highest BCUT2D eigenvalue weighted by molar-refractivity contribution is 7.53. The zero-order valence-electron chi connectivity index (χ0n) is 22.0. The summed E-state index contributed by atoms with van der Waals surface area (Å²) in [6, 6.07) is 9.99. The molecule has 0 saturated heterocycles. The normalized spacial score (nSPS) is 12.3. The molecule has 0 fully saturated rings. The van der Waals surface area contributed by atoms with Crippen molar-refractivity contribution in [1.82, 2.24) is 4.90 Å². The zero-order valence-corrected chi connectivity index (χ0v) is 25.4. The molecule has 1 aromatic rings. The molecular weight excluding hydrogens is 544 g/mol. The van der Waals surface area contributed by atoms with E-state index in [2.05, 4.69) is 11.8 Å². The first-order valence-corrected chi connectivity index (χ1v) is 14.5. The van der Waals surface area contributed by atoms with Crippen molar-refractivity contribution in [2.45, 2.75) is 64.9 Å². The highest BCUT2D eigenvalue weighted by atomic mass is 35.5. The molecule has 1 rings (SSSR count). The topological polar surface area (TPSA) is 100 Å². The monoisotopic (exact) mass is 593 g/mol. The van der Waals surface area contributed by atoms with Gasteiger partial charge in [-0.05, 0) is 51.0 Å². The maximum atomic E-state index is 13.5. The highest BCUT2D eigenvalue weighted by Crippen LogP contribution is 2.48. The summed E-state index contributed by atoms with van der Waals surface area (Å²) in [5.41, 5.74) is 12.5. The van der Waals surface area contributed by atoms with Crippen LogP contribution in [0.3, 0.4) is 0 Å². The average Bonchev–Trinajstić information content (AvgIpc) is 2.83. The molecule has 0 amide bonds. The number of rotatable bonds is 23. The van der Waals surface area contributed by atoms with E-state index in [-0.39, 0.29) is 43.8 Å². The first-order valence-electron chi connectivity index (χ1n) is 12.8. The number of nitrogens with two attached hydrogens (primary N) is 2. The summed E-state index contributed by atoms with van der Waals surface area (Å²) in [5, 5.41) is 0. The molecular formula is C25H51Cl3N3O4P. The van der Waals surface area contributed by atoms with Crippen LogP contribution >= 0.6 is 44.8 Å². The van der Waals surface area contributed by atoms with Crippen LogP contribution in [-0.4, -0.2) is 63.6 Å². The Bertz CT molecular complexity index is 613. The summed E-state index contributed by atoms with van der Waals surface area (Å²) < 4.78 is 30.8. The zero-order chi connectivity index (χ0) is 24.0. The predicted molar refractivity (Wildman–Crippen MR) is 159 cm³/mol. The van der Waals surface area contributed by atoms with Gasteiger partial charge in [-0.2, -0.15) is 0 Å². The van der Waals surface area contributed by atoms with Crippen LogP contribution in [0.15, 0.2) is 30.3 Å². The molecule has 216 valence electrons. The molecule has 4 N–H and O–H groups in total. The minimum absolute atomic E-state index is 0. The van der Waals surface area contributed by atoms with Gasteiger partial charge in [0, 0.05) is 6.54 Å². The molecule has 0 bridgehead atoms. The van der Waals surface area contributed by atoms with Crippen molar-refractivity contribution in [2.75, 3.05) is 58.7 Å². The second-order valence-electron chi connectivity index (χ2n) is 8.43. The first-order chi connectivity index (χ1) is 16.1. The van der Waals surface area contributed by atoms with Crippen molar-refractivity contribution < 1.29 is 18.3 Å². The lowest BCUT2D eigenvalue weighted by atomic mass is 10.1. The van der Waals surface area contributed by atoms with Crippen LogP contribution in [0.2, 0.25) is 0 Å². The molecule has 36 heavy (non-hydrogen) atoms. The van der Waals surface area contributed by atoms with Gasteiger partial charge in [0.2, 0.25) is 0 Å². The third-order valence-corrected chi connectivity index (χ3v) is 7.36. The minimum atomic E-state index is -3.20. The van der Waals surface area contributed by atoms with Crippen molar-refractivity contribution in [1.29, 1.82) is 0 Å². The Kier molecular flexibility index (Phi) is 31.7. The molecule has 0 spiro atoms. The van der Waals surface area contributed by atoms with Gasteiger partial charge in [-0.3, -0.25) is 4.57 Å². The number of hydrogen-bond donors (Lipinski definition) is 2. The molecule has 0 aliphatic carbocycles. The van der Waals surface area contributed by atoms with Crippen molar-refractivity contribution >= 4 is 44.8 Å². The predicted octanol–water partition coefficient (Wildman–Crippen LogP) is 6.06. The SMILES string of the molecule is CCCCCCCCOP(=O)(CCN(CCCN)CCCN)OCCOCc1ccccc1.Cl.Cl.Cl. The molecule has 1 unspecified atom stereocenters. The molecule has 1 aromatic carbocycles. The van der Waals surface area contributed by atoms with Gasteiger partial charge in [-0.15, -0.1) is 37.2 Å². The lowest BCUT2D eigenvalue weighted by Crippen LogP contribution is -2.31. The van der Waals surface area contributed by atoms with Gasteiger partial charge in [0.15, 0.2) is 0 Å². The van der Waals surface area contributed by atoms with Crippen LogP contribution in [0.1, 0.15) is 63.9 Å². The number of benzene rings is 1. The van der Waals surface area contributed by atoms with Crippen LogP contribution in [0, 0.1) is 0 Å². The van der Waals surface area contributed by atoms with Gasteiger partial charge in [0.25, 0.3) is 0 Å². The fourth-order valence-electron chi connectivity index (χ4n) is 3.48. The summed E-state index contributed by atoms with van der Waals surface area (Å²) in [7, 11) is -3.20. The Morgan fingerprint density at radius 3 is 1.94 bits per heavy atom. The van der Waals surface area contributed by atoms with E-state index in [9.17, 15) is 4.57 Å². The van der Waals surface area contributed by atoms with Crippen LogP contribution in [-0.2, 0) is 25.0 Å². The van der Waals surface area contributed by atoms with Gasteiger partial charge in [-0.1, -0.05) is 69.4 Å². The molecule has 0 aliphatic rings. The Morgan fingerprint density at radius 1 is 0.750 bits per heavy atom. The maximum Gasteiger partial charge on any atom is 0.332 e. The maximum absolute atomic E-state index is 13.5. The quantitative estimate of drug-likeness (QED) is 0.117. The molecule has 1 atom stereocenters. The number of ether oxygens (including phenoxy) is 1. The van der Waals surface area contributed by atoms with Gasteiger partial charge in [0.05, 0.1) is 32.6 Å². The number of nitrogens with zero attached hydrogens (tertiary/aromatic N) is 1. The Morgan fingerprint density at radius 2 is 1.33 bits per heavy atom. The van der Waals surface area contributed by atoms with Crippen LogP contribution < -0.4 is 11.5 Å². The largest absolute Gasteiger partial charge is 0.374 e. The number of halogens is 3. The lowest BCUT2D eigenvalue weighted by Gasteiger charge is -2.25. The Labute approximate surface area is 238 Å². The smallest absolute Gasteiger partial charge is 0.332 e. The Balaban J connectivity index is -0.00000363. The van der Waals surface area contributed by atoms with Gasteiger partial charge in [-0.25, -0.2) is 0 Å². The van der Waals surface area contributed by atoms with Crippen LogP contribution in [0.4, 0.5) is 0 Å². The van der Waals surface area contributed by atoms with E-state index in [0.717, 1.165) is 44.3 Å². The lowest BCUT2D eigenvalue weighted by molar-refractivity contribution is 0.0800. The summed E-state index contributed by atoms with van der Waals surface area (Å²) in [4.78, 5) is 2.26. The summed E-state index contributed by atoms with van der Waals surface area (Å²) >= 11 is 0. The second-order valence-corrected chi connectivity index (χ2v) is 10.6. The third kappa shape index (κ3) is 22.1. The van der Waals surface area contributed by atoms with E-state index in [0.29, 0.717) is 45.6 Å². The van der Waals surface area contributed by atoms with Crippen molar-refractivity contribution in [3.8, 4) is 0 Å². The van der Waals surface area contributed by atoms with E-state index in [1.807, 2.05) is 30.3 Å². The third-order valence-electron chi connectivity index (χ3n) is 5.46. The summed E-state index contributed by atoms with van der Waals surface area (Å²) in [6.45, 7) is 7.50. The summed E-state index contributed by atoms with van der Waals surface area (Å²) in [6.07, 6.45) is 9.14. The van der Waals surface area contributed by atoms with Crippen LogP contribution in [0.25, 0.3) is 0 Å². The number of hydrogen-bond acceptors (Lipinski definition) is 7. The highest BCUT2D eigenvalue weighted by Gasteiger charge is 2.25. The Hall–Kier alpha value is 0.0800. The fourth-order valence-corrected chi connectivity index (χ4v) is 5.10. The molecule has 0 aliphatic heterocycles. The fraction of sp³-hybridized carbons (Fsp3) is 0.760. The van der Waals surface area contributed by atoms with Gasteiger partial charge < -0.3 is 30.2 Å². The standard InChI is InChI=1S/C25H48N3O4P.3ClH/c1-2-3-4-5-6-10-20-31-33(29,23-19-28(17-11-15-26)18-12-16-27)32-22-21-30-24-25-13-8-7-9-14-25;;;/h7-9,13-14H,2-6,10-12,15-24,26-27H2,1H3;3*1H. The molecule has 0 heterocycles. The van der Waals surface area contributed by atoms with Gasteiger partial charge in [0.1, 0.15) is 0 Å². The van der Waals surface area contributed by atoms with Crippen molar-refractivity contribution in [3.63, 3.8) is 0 Å². The van der Waals surface area contributed by atoms with E-state index in [1.54, 1.807) is 0 Å². The molecule has 0 radical (unpaired) electrons. The van der Waals surface area contributed by atoms with E-state index >= 15 is 0 Å². The molecule has 7 nitrogen and oxygen atoms in total. The second kappa shape index (κ2) is 28.1. The van der Waals surface area contributed by atoms with E-state index in [1.165, 1.54) is 25.7 Å². The van der Waals surface area contributed by atoms with E-state index < -0.39 is 7.60 Å². The molecule has 0 saturated carbocycles. The number of unbranched alkanes of at least 4 members (excludes halogenated alkanes) is 5.